The van der Waals surface area contributed by atoms with Gasteiger partial charge in [-0.3, -0.25) is 0 Å². The van der Waals surface area contributed by atoms with Crippen LogP contribution in [0.4, 0.5) is 0 Å². The quantitative estimate of drug-likeness (QED) is 0.734. The summed E-state index contributed by atoms with van der Waals surface area (Å²) in [6.07, 6.45) is 1.35. The second-order valence-corrected chi connectivity index (χ2v) is 3.67. The lowest BCUT2D eigenvalue weighted by molar-refractivity contribution is 0.0690. The van der Waals surface area contributed by atoms with E-state index in [-0.39, 0.29) is 11.5 Å². The van der Waals surface area contributed by atoms with Crippen LogP contribution in [0.2, 0.25) is 0 Å². The van der Waals surface area contributed by atoms with E-state index in [0.29, 0.717) is 5.69 Å². The normalized spacial score (nSPS) is 10.7. The van der Waals surface area contributed by atoms with Gasteiger partial charge in [0.15, 0.2) is 5.69 Å². The zero-order valence-corrected chi connectivity index (χ0v) is 9.19. The Labute approximate surface area is 102 Å². The van der Waals surface area contributed by atoms with Crippen molar-refractivity contribution >= 4 is 11.7 Å². The molecule has 0 spiro atoms. The molecule has 0 aliphatic carbocycles. The fourth-order valence-corrected chi connectivity index (χ4v) is 1.74. The number of hydrogen-bond acceptors (Lipinski definition) is 4. The minimum atomic E-state index is -1.09. The van der Waals surface area contributed by atoms with E-state index in [0.717, 1.165) is 5.56 Å². The van der Waals surface area contributed by atoms with E-state index >= 15 is 0 Å². The Bertz CT molecular complexity index is 721. The molecule has 0 unspecified atom stereocenters. The number of carbonyl (C=O) groups is 1. The third kappa shape index (κ3) is 1.60. The van der Waals surface area contributed by atoms with Gasteiger partial charge in [-0.2, -0.15) is 14.6 Å². The molecule has 18 heavy (non-hydrogen) atoms. The summed E-state index contributed by atoms with van der Waals surface area (Å²) in [5.41, 5.74) is 1.46. The first-order chi connectivity index (χ1) is 8.75. The summed E-state index contributed by atoms with van der Waals surface area (Å²) >= 11 is 0. The summed E-state index contributed by atoms with van der Waals surface area (Å²) < 4.78 is 1.52. The third-order valence-corrected chi connectivity index (χ3v) is 2.54. The monoisotopic (exact) mass is 240 g/mol. The molecule has 0 aliphatic heterocycles. The molecule has 6 nitrogen and oxygen atoms in total. The van der Waals surface area contributed by atoms with Gasteiger partial charge >= 0.3 is 5.97 Å². The number of carboxylic acids is 1. The fourth-order valence-electron chi connectivity index (χ4n) is 1.74. The number of aromatic carboxylic acids is 1. The Morgan fingerprint density at radius 3 is 2.72 bits per heavy atom. The largest absolute Gasteiger partial charge is 0.477 e. The number of benzene rings is 1. The van der Waals surface area contributed by atoms with E-state index in [9.17, 15) is 4.79 Å². The minimum absolute atomic E-state index is 0.0469. The molecule has 0 saturated carbocycles. The Morgan fingerprint density at radius 1 is 1.22 bits per heavy atom. The highest BCUT2D eigenvalue weighted by molar-refractivity contribution is 5.87. The molecular formula is C12H8N4O2. The molecule has 3 aromatic rings. The van der Waals surface area contributed by atoms with E-state index < -0.39 is 5.97 Å². The summed E-state index contributed by atoms with van der Waals surface area (Å²) in [6.45, 7) is 0. The summed E-state index contributed by atoms with van der Waals surface area (Å²) in [7, 11) is 0. The van der Waals surface area contributed by atoms with Crippen LogP contribution in [0.1, 0.15) is 10.5 Å². The number of carboxylic acid groups (broad SMARTS) is 1. The van der Waals surface area contributed by atoms with Crippen LogP contribution >= 0.6 is 0 Å². The van der Waals surface area contributed by atoms with Crippen molar-refractivity contribution in [1.82, 2.24) is 19.6 Å². The molecule has 0 fully saturated rings. The first kappa shape index (κ1) is 10.4. The Kier molecular flexibility index (Phi) is 2.26. The van der Waals surface area contributed by atoms with Crippen molar-refractivity contribution in [2.75, 3.05) is 0 Å². The number of nitrogens with zero attached hydrogens (tertiary/aromatic N) is 4. The summed E-state index contributed by atoms with van der Waals surface area (Å²) in [6, 6.07) is 10.9. The highest BCUT2D eigenvalue weighted by Gasteiger charge is 2.13. The molecular weight excluding hydrogens is 232 g/mol. The van der Waals surface area contributed by atoms with Crippen molar-refractivity contribution in [3.8, 4) is 11.3 Å². The first-order valence-electron chi connectivity index (χ1n) is 5.25. The number of rotatable bonds is 2. The van der Waals surface area contributed by atoms with Gasteiger partial charge in [-0.25, -0.2) is 9.78 Å². The van der Waals surface area contributed by atoms with Crippen molar-refractivity contribution in [3.05, 3.63) is 48.4 Å². The van der Waals surface area contributed by atoms with Crippen molar-refractivity contribution in [3.63, 3.8) is 0 Å². The van der Waals surface area contributed by atoms with Gasteiger partial charge in [0.05, 0.1) is 5.69 Å². The molecule has 2 heterocycles. The van der Waals surface area contributed by atoms with Gasteiger partial charge in [0.2, 0.25) is 0 Å². The average Bonchev–Trinajstić information content (AvgIpc) is 2.86. The van der Waals surface area contributed by atoms with Crippen LogP contribution in [0.25, 0.3) is 17.0 Å². The zero-order valence-electron chi connectivity index (χ0n) is 9.19. The molecule has 0 saturated heterocycles. The predicted molar refractivity (Wildman–Crippen MR) is 63.2 cm³/mol. The van der Waals surface area contributed by atoms with Gasteiger partial charge in [-0.1, -0.05) is 30.3 Å². The highest BCUT2D eigenvalue weighted by Crippen LogP contribution is 2.19. The SMILES string of the molecule is O=C(O)c1cc(-c2ccccc2)n2ncnc2n1. The first-order valence-corrected chi connectivity index (χ1v) is 5.25. The number of aromatic nitrogens is 4. The molecule has 0 amide bonds. The minimum Gasteiger partial charge on any atom is -0.477 e. The molecule has 0 radical (unpaired) electrons. The van der Waals surface area contributed by atoms with E-state index in [1.807, 2.05) is 30.3 Å². The van der Waals surface area contributed by atoms with E-state index in [1.165, 1.54) is 16.9 Å². The lowest BCUT2D eigenvalue weighted by Gasteiger charge is -2.05. The van der Waals surface area contributed by atoms with Crippen molar-refractivity contribution < 1.29 is 9.90 Å². The highest BCUT2D eigenvalue weighted by atomic mass is 16.4. The topological polar surface area (TPSA) is 80.4 Å². The molecule has 0 atom stereocenters. The average molecular weight is 240 g/mol. The number of fused-ring (bicyclic) bond motifs is 1. The molecule has 1 aromatic carbocycles. The Hall–Kier alpha value is -2.76. The third-order valence-electron chi connectivity index (χ3n) is 2.54. The van der Waals surface area contributed by atoms with Crippen molar-refractivity contribution in [2.24, 2.45) is 0 Å². The maximum atomic E-state index is 11.0. The van der Waals surface area contributed by atoms with Crippen LogP contribution < -0.4 is 0 Å². The molecule has 3 rings (SSSR count). The fraction of sp³-hybridized carbons (Fsp3) is 0. The van der Waals surface area contributed by atoms with Gasteiger partial charge in [-0.05, 0) is 6.07 Å². The van der Waals surface area contributed by atoms with E-state index in [1.54, 1.807) is 0 Å². The van der Waals surface area contributed by atoms with Gasteiger partial charge in [0, 0.05) is 5.56 Å². The van der Waals surface area contributed by atoms with E-state index in [2.05, 4.69) is 15.1 Å². The smallest absolute Gasteiger partial charge is 0.354 e. The maximum absolute atomic E-state index is 11.0. The van der Waals surface area contributed by atoms with Crippen LogP contribution in [-0.2, 0) is 0 Å². The summed E-state index contributed by atoms with van der Waals surface area (Å²) in [5, 5.41) is 13.1. The van der Waals surface area contributed by atoms with Gasteiger partial charge in [-0.15, -0.1) is 0 Å². The lowest BCUT2D eigenvalue weighted by Crippen LogP contribution is -2.05. The van der Waals surface area contributed by atoms with E-state index in [4.69, 9.17) is 5.11 Å². The zero-order chi connectivity index (χ0) is 12.5. The van der Waals surface area contributed by atoms with Crippen molar-refractivity contribution in [1.29, 1.82) is 0 Å². The van der Waals surface area contributed by atoms with Gasteiger partial charge in [0.1, 0.15) is 6.33 Å². The second kappa shape index (κ2) is 3.92. The predicted octanol–water partition coefficient (Wildman–Crippen LogP) is 1.49. The molecule has 0 aliphatic rings. The molecule has 1 N–H and O–H groups in total. The summed E-state index contributed by atoms with van der Waals surface area (Å²) in [5.74, 6) is -0.813. The van der Waals surface area contributed by atoms with Gasteiger partial charge < -0.3 is 5.11 Å². The van der Waals surface area contributed by atoms with Crippen molar-refractivity contribution in [2.45, 2.75) is 0 Å². The van der Waals surface area contributed by atoms with Crippen LogP contribution in [-0.4, -0.2) is 30.7 Å². The molecule has 0 bridgehead atoms. The lowest BCUT2D eigenvalue weighted by atomic mass is 10.1. The Balaban J connectivity index is 2.33. The molecule has 2 aromatic heterocycles. The Morgan fingerprint density at radius 2 is 2.00 bits per heavy atom. The molecule has 6 heteroatoms. The van der Waals surface area contributed by atoms with Crippen LogP contribution in [0.15, 0.2) is 42.7 Å². The standard InChI is InChI=1S/C12H8N4O2/c17-11(18)9-6-10(8-4-2-1-3-5-8)16-12(15-9)13-7-14-16/h1-7H,(H,17,18). The maximum Gasteiger partial charge on any atom is 0.354 e. The second-order valence-electron chi connectivity index (χ2n) is 3.67. The van der Waals surface area contributed by atoms with Crippen LogP contribution in [0.5, 0.6) is 0 Å². The summed E-state index contributed by atoms with van der Waals surface area (Å²) in [4.78, 5) is 18.9. The van der Waals surface area contributed by atoms with Crippen LogP contribution in [0.3, 0.4) is 0 Å². The number of hydrogen-bond donors (Lipinski definition) is 1. The van der Waals surface area contributed by atoms with Crippen LogP contribution in [0, 0.1) is 0 Å². The molecule has 88 valence electrons. The van der Waals surface area contributed by atoms with Gasteiger partial charge in [0.25, 0.3) is 5.78 Å².